The van der Waals surface area contributed by atoms with Crippen molar-refractivity contribution in [3.63, 3.8) is 0 Å². The van der Waals surface area contributed by atoms with Crippen molar-refractivity contribution in [1.29, 1.82) is 0 Å². The Hall–Kier alpha value is -3.79. The maximum absolute atomic E-state index is 12.8. The molecule has 0 aliphatic carbocycles. The zero-order valence-electron chi connectivity index (χ0n) is 17.3. The Morgan fingerprint density at radius 1 is 1.35 bits per heavy atom. The summed E-state index contributed by atoms with van der Waals surface area (Å²) in [4.78, 5) is 21.2. The molecule has 31 heavy (non-hydrogen) atoms. The summed E-state index contributed by atoms with van der Waals surface area (Å²) in [7, 11) is 1.84. The number of aromatic nitrogens is 4. The third kappa shape index (κ3) is 5.43. The van der Waals surface area contributed by atoms with Crippen LogP contribution in [0.1, 0.15) is 29.4 Å². The molecule has 0 saturated heterocycles. The van der Waals surface area contributed by atoms with Crippen LogP contribution in [0, 0.1) is 0 Å². The Bertz CT molecular complexity index is 1090. The van der Waals surface area contributed by atoms with Crippen LogP contribution in [0.25, 0.3) is 16.5 Å². The fourth-order valence-electron chi connectivity index (χ4n) is 3.24. The summed E-state index contributed by atoms with van der Waals surface area (Å²) in [5.74, 6) is 0.602. The number of carboxylic acid groups (broad SMARTS) is 1. The number of aryl methyl sites for hydroxylation is 1. The van der Waals surface area contributed by atoms with Gasteiger partial charge in [-0.1, -0.05) is 6.08 Å². The van der Waals surface area contributed by atoms with Crippen LogP contribution in [0.2, 0.25) is 0 Å². The topological polar surface area (TPSA) is 131 Å². The number of rotatable bonds is 5. The van der Waals surface area contributed by atoms with E-state index in [0.29, 0.717) is 23.7 Å². The quantitative estimate of drug-likeness (QED) is 0.531. The summed E-state index contributed by atoms with van der Waals surface area (Å²) >= 11 is 0. The van der Waals surface area contributed by atoms with Gasteiger partial charge >= 0.3 is 0 Å². The lowest BCUT2D eigenvalue weighted by atomic mass is 10.1. The molecule has 4 rings (SSSR count). The number of benzene rings is 1. The zero-order valence-corrected chi connectivity index (χ0v) is 17.3. The van der Waals surface area contributed by atoms with E-state index in [1.54, 1.807) is 22.9 Å². The van der Waals surface area contributed by atoms with Crippen molar-refractivity contribution in [2.75, 3.05) is 25.0 Å². The Labute approximate surface area is 178 Å². The number of carbonyl (C=O) groups excluding carboxylic acids is 1. The van der Waals surface area contributed by atoms with Gasteiger partial charge in [-0.15, -0.1) is 10.2 Å². The molecule has 0 unspecified atom stereocenters. The average Bonchev–Trinajstić information content (AvgIpc) is 3.14. The maximum atomic E-state index is 12.8. The van der Waals surface area contributed by atoms with Gasteiger partial charge in [0.05, 0.1) is 23.4 Å². The summed E-state index contributed by atoms with van der Waals surface area (Å²) in [6.07, 6.45) is 4.90. The molecule has 0 radical (unpaired) electrons. The predicted octanol–water partition coefficient (Wildman–Crippen LogP) is 2.09. The van der Waals surface area contributed by atoms with Gasteiger partial charge < -0.3 is 20.5 Å². The van der Waals surface area contributed by atoms with Crippen molar-refractivity contribution in [3.8, 4) is 5.75 Å². The third-order valence-electron chi connectivity index (χ3n) is 4.56. The minimum absolute atomic E-state index is 0.250. The van der Waals surface area contributed by atoms with E-state index in [9.17, 15) is 4.79 Å². The summed E-state index contributed by atoms with van der Waals surface area (Å²) < 4.78 is 7.36. The summed E-state index contributed by atoms with van der Waals surface area (Å²) in [6, 6.07) is 7.22. The number of hydrogen-bond acceptors (Lipinski definition) is 7. The van der Waals surface area contributed by atoms with Gasteiger partial charge in [0.2, 0.25) is 0 Å². The minimum Gasteiger partial charge on any atom is -0.493 e. The van der Waals surface area contributed by atoms with Crippen molar-refractivity contribution in [2.24, 2.45) is 7.05 Å². The van der Waals surface area contributed by atoms with E-state index in [0.717, 1.165) is 36.1 Å². The van der Waals surface area contributed by atoms with Gasteiger partial charge in [0.25, 0.3) is 12.4 Å². The van der Waals surface area contributed by atoms with Crippen LogP contribution in [0.3, 0.4) is 0 Å². The summed E-state index contributed by atoms with van der Waals surface area (Å²) in [5.41, 5.74) is 3.23. The summed E-state index contributed by atoms with van der Waals surface area (Å²) in [6.45, 7) is 3.86. The summed E-state index contributed by atoms with van der Waals surface area (Å²) in [5, 5.41) is 26.6. The van der Waals surface area contributed by atoms with Crippen LogP contribution >= 0.6 is 0 Å². The molecule has 3 heterocycles. The van der Waals surface area contributed by atoms with Gasteiger partial charge in [-0.25, -0.2) is 0 Å². The van der Waals surface area contributed by atoms with E-state index in [1.807, 2.05) is 26.2 Å². The number of carbonyl (C=O) groups is 2. The Balaban J connectivity index is 0.000000858. The number of hydrogen-bond donors (Lipinski definition) is 3. The van der Waals surface area contributed by atoms with Crippen LogP contribution in [0.15, 0.2) is 36.5 Å². The molecule has 0 bridgehead atoms. The number of fused-ring (bicyclic) bond motifs is 1. The molecule has 1 aromatic carbocycles. The molecule has 10 nitrogen and oxygen atoms in total. The highest BCUT2D eigenvalue weighted by Gasteiger charge is 2.17. The fraction of sp³-hybridized carbons (Fsp3) is 0.286. The predicted molar refractivity (Wildman–Crippen MR) is 116 cm³/mol. The van der Waals surface area contributed by atoms with E-state index in [-0.39, 0.29) is 12.4 Å². The number of nitrogens with zero attached hydrogens (tertiary/aromatic N) is 4. The maximum Gasteiger partial charge on any atom is 0.290 e. The molecule has 1 amide bonds. The average molecular weight is 424 g/mol. The number of ether oxygens (including phenoxy) is 1. The van der Waals surface area contributed by atoms with Crippen LogP contribution in [-0.2, 0) is 11.8 Å². The molecule has 0 saturated carbocycles. The molecule has 2 aromatic heterocycles. The molecule has 0 atom stereocenters. The van der Waals surface area contributed by atoms with Gasteiger partial charge in [-0.05, 0) is 43.7 Å². The molecule has 1 aliphatic rings. The van der Waals surface area contributed by atoms with Crippen molar-refractivity contribution >= 4 is 34.7 Å². The second-order valence-corrected chi connectivity index (χ2v) is 6.69. The molecule has 162 valence electrons. The molecule has 3 aromatic rings. The first-order valence-electron chi connectivity index (χ1n) is 9.79. The van der Waals surface area contributed by atoms with E-state index in [4.69, 9.17) is 14.6 Å². The Morgan fingerprint density at radius 3 is 2.81 bits per heavy atom. The SMILES string of the molecule is CCOc1cc2nn(C)cc2cc1C(=O)Nc1ccc(C2=CCNCC2)nn1.O=CO. The van der Waals surface area contributed by atoms with Crippen molar-refractivity contribution in [3.05, 3.63) is 47.8 Å². The molecule has 10 heteroatoms. The third-order valence-corrected chi connectivity index (χ3v) is 4.56. The second-order valence-electron chi connectivity index (χ2n) is 6.69. The number of anilines is 1. The normalized spacial score (nSPS) is 13.0. The van der Waals surface area contributed by atoms with Crippen molar-refractivity contribution < 1.29 is 19.4 Å². The lowest BCUT2D eigenvalue weighted by molar-refractivity contribution is -0.122. The first kappa shape index (κ1) is 21.9. The Morgan fingerprint density at radius 2 is 2.16 bits per heavy atom. The molecule has 0 fully saturated rings. The lowest BCUT2D eigenvalue weighted by Gasteiger charge is -2.13. The largest absolute Gasteiger partial charge is 0.493 e. The van der Waals surface area contributed by atoms with E-state index in [1.165, 1.54) is 5.57 Å². The van der Waals surface area contributed by atoms with E-state index < -0.39 is 0 Å². The van der Waals surface area contributed by atoms with Gasteiger partial charge in [0.1, 0.15) is 5.75 Å². The van der Waals surface area contributed by atoms with E-state index in [2.05, 4.69) is 32.0 Å². The molecule has 1 aliphatic heterocycles. The smallest absolute Gasteiger partial charge is 0.290 e. The van der Waals surface area contributed by atoms with Gasteiger partial charge in [-0.2, -0.15) is 5.10 Å². The highest BCUT2D eigenvalue weighted by Crippen LogP contribution is 2.26. The van der Waals surface area contributed by atoms with Gasteiger partial charge in [-0.3, -0.25) is 14.3 Å². The van der Waals surface area contributed by atoms with Crippen LogP contribution in [0.5, 0.6) is 5.75 Å². The van der Waals surface area contributed by atoms with Crippen LogP contribution < -0.4 is 15.4 Å². The fourth-order valence-corrected chi connectivity index (χ4v) is 3.24. The molecule has 3 N–H and O–H groups in total. The van der Waals surface area contributed by atoms with Crippen molar-refractivity contribution in [1.82, 2.24) is 25.3 Å². The molecular formula is C21H24N6O4. The first-order chi connectivity index (χ1) is 15.0. The lowest BCUT2D eigenvalue weighted by Crippen LogP contribution is -2.20. The van der Waals surface area contributed by atoms with Crippen LogP contribution in [0.4, 0.5) is 5.82 Å². The zero-order chi connectivity index (χ0) is 22.2. The monoisotopic (exact) mass is 424 g/mol. The van der Waals surface area contributed by atoms with Crippen LogP contribution in [-0.4, -0.2) is 57.2 Å². The van der Waals surface area contributed by atoms with Gasteiger partial charge in [0, 0.05) is 31.2 Å². The molecular weight excluding hydrogens is 400 g/mol. The minimum atomic E-state index is -0.294. The Kier molecular flexibility index (Phi) is 7.28. The number of amides is 1. The standard InChI is InChI=1S/C20H22N6O2.CH2O2/c1-3-28-18-11-17-14(12-26(2)25-17)10-15(18)20(27)22-19-5-4-16(23-24-19)13-6-8-21-9-7-13;2-1-3/h4-6,10-12,21H,3,7-9H2,1-2H3,(H,22,24,27);1H,(H,2,3). The molecule has 0 spiro atoms. The number of nitrogens with one attached hydrogen (secondary N) is 2. The van der Waals surface area contributed by atoms with Gasteiger partial charge in [0.15, 0.2) is 5.82 Å². The highest BCUT2D eigenvalue weighted by atomic mass is 16.5. The van der Waals surface area contributed by atoms with Crippen molar-refractivity contribution in [2.45, 2.75) is 13.3 Å². The first-order valence-corrected chi connectivity index (χ1v) is 9.79. The van der Waals surface area contributed by atoms with E-state index >= 15 is 0 Å². The highest BCUT2D eigenvalue weighted by molar-refractivity contribution is 6.08. The second kappa shape index (κ2) is 10.3.